The predicted molar refractivity (Wildman–Crippen MR) is 45.7 cm³/mol. The molecule has 1 aliphatic heterocycles. The van der Waals surface area contributed by atoms with E-state index in [-0.39, 0.29) is 12.0 Å². The third-order valence-corrected chi connectivity index (χ3v) is 2.06. The van der Waals surface area contributed by atoms with Gasteiger partial charge in [-0.3, -0.25) is 4.79 Å². The zero-order valence-corrected chi connectivity index (χ0v) is 7.45. The summed E-state index contributed by atoms with van der Waals surface area (Å²) < 4.78 is 5.41. The van der Waals surface area contributed by atoms with Gasteiger partial charge < -0.3 is 15.4 Å². The first kappa shape index (κ1) is 9.48. The fourth-order valence-corrected chi connectivity index (χ4v) is 1.38. The smallest absolute Gasteiger partial charge is 0.219 e. The molecular weight excluding hydrogens is 156 g/mol. The van der Waals surface area contributed by atoms with Crippen molar-refractivity contribution in [3.63, 3.8) is 0 Å². The van der Waals surface area contributed by atoms with E-state index >= 15 is 0 Å². The highest BCUT2D eigenvalue weighted by Crippen LogP contribution is 2.11. The van der Waals surface area contributed by atoms with Crippen LogP contribution in [0.25, 0.3) is 0 Å². The number of amides is 1. The minimum atomic E-state index is 0.133. The Balaban J connectivity index is 2.21. The number of carbonyl (C=O) groups is 1. The molecule has 1 fully saturated rings. The van der Waals surface area contributed by atoms with Gasteiger partial charge in [-0.2, -0.15) is 0 Å². The van der Waals surface area contributed by atoms with E-state index in [1.54, 1.807) is 11.8 Å². The van der Waals surface area contributed by atoms with Gasteiger partial charge in [0.1, 0.15) is 0 Å². The summed E-state index contributed by atoms with van der Waals surface area (Å²) in [5, 5.41) is 0. The SMILES string of the molecule is CC(=O)N1CC[C@H](OCCN)C1. The molecular formula is C8H16N2O2. The molecule has 0 aromatic heterocycles. The average molecular weight is 172 g/mol. The normalized spacial score (nSPS) is 23.2. The zero-order valence-electron chi connectivity index (χ0n) is 7.45. The lowest BCUT2D eigenvalue weighted by Gasteiger charge is -2.13. The van der Waals surface area contributed by atoms with E-state index < -0.39 is 0 Å². The minimum absolute atomic E-state index is 0.133. The maximum absolute atomic E-state index is 10.9. The van der Waals surface area contributed by atoms with E-state index in [2.05, 4.69) is 0 Å². The van der Waals surface area contributed by atoms with Crippen LogP contribution in [0.15, 0.2) is 0 Å². The Kier molecular flexibility index (Phi) is 3.49. The van der Waals surface area contributed by atoms with Gasteiger partial charge in [0.05, 0.1) is 12.7 Å². The number of carbonyl (C=O) groups excluding carboxylic acids is 1. The van der Waals surface area contributed by atoms with Crippen molar-refractivity contribution in [3.05, 3.63) is 0 Å². The van der Waals surface area contributed by atoms with E-state index in [0.29, 0.717) is 13.2 Å². The quantitative estimate of drug-likeness (QED) is 0.629. The van der Waals surface area contributed by atoms with Gasteiger partial charge in [-0.25, -0.2) is 0 Å². The first-order valence-electron chi connectivity index (χ1n) is 4.31. The fraction of sp³-hybridized carbons (Fsp3) is 0.875. The maximum atomic E-state index is 10.9. The largest absolute Gasteiger partial charge is 0.375 e. The van der Waals surface area contributed by atoms with Gasteiger partial charge in [-0.05, 0) is 6.42 Å². The van der Waals surface area contributed by atoms with Crippen molar-refractivity contribution in [2.75, 3.05) is 26.2 Å². The van der Waals surface area contributed by atoms with Crippen molar-refractivity contribution < 1.29 is 9.53 Å². The number of ether oxygens (including phenoxy) is 1. The molecule has 1 saturated heterocycles. The lowest BCUT2D eigenvalue weighted by Crippen LogP contribution is -2.28. The molecule has 4 heteroatoms. The molecule has 0 unspecified atom stereocenters. The van der Waals surface area contributed by atoms with Crippen LogP contribution < -0.4 is 5.73 Å². The highest BCUT2D eigenvalue weighted by Gasteiger charge is 2.23. The molecule has 1 atom stereocenters. The Labute approximate surface area is 72.7 Å². The van der Waals surface area contributed by atoms with Gasteiger partial charge in [0.15, 0.2) is 0 Å². The molecule has 1 heterocycles. The lowest BCUT2D eigenvalue weighted by molar-refractivity contribution is -0.128. The van der Waals surface area contributed by atoms with Crippen LogP contribution in [0.2, 0.25) is 0 Å². The molecule has 0 aliphatic carbocycles. The van der Waals surface area contributed by atoms with Gasteiger partial charge in [0.25, 0.3) is 0 Å². The monoisotopic (exact) mass is 172 g/mol. The molecule has 1 aliphatic rings. The van der Waals surface area contributed by atoms with Crippen molar-refractivity contribution >= 4 is 5.91 Å². The average Bonchev–Trinajstić information content (AvgIpc) is 2.48. The first-order valence-corrected chi connectivity index (χ1v) is 4.31. The van der Waals surface area contributed by atoms with Crippen LogP contribution >= 0.6 is 0 Å². The van der Waals surface area contributed by atoms with Crippen molar-refractivity contribution in [2.45, 2.75) is 19.4 Å². The van der Waals surface area contributed by atoms with E-state index in [9.17, 15) is 4.79 Å². The van der Waals surface area contributed by atoms with Crippen LogP contribution in [0.5, 0.6) is 0 Å². The van der Waals surface area contributed by atoms with Crippen molar-refractivity contribution in [2.24, 2.45) is 5.73 Å². The topological polar surface area (TPSA) is 55.6 Å². The van der Waals surface area contributed by atoms with Gasteiger partial charge in [0, 0.05) is 26.6 Å². The Morgan fingerprint density at radius 1 is 1.75 bits per heavy atom. The number of rotatable bonds is 3. The zero-order chi connectivity index (χ0) is 8.97. The molecule has 0 radical (unpaired) electrons. The van der Waals surface area contributed by atoms with Gasteiger partial charge in [-0.15, -0.1) is 0 Å². The Hall–Kier alpha value is -0.610. The summed E-state index contributed by atoms with van der Waals surface area (Å²) in [7, 11) is 0. The van der Waals surface area contributed by atoms with E-state index in [0.717, 1.165) is 19.5 Å². The second-order valence-corrected chi connectivity index (χ2v) is 3.04. The van der Waals surface area contributed by atoms with Gasteiger partial charge in [-0.1, -0.05) is 0 Å². The fourth-order valence-electron chi connectivity index (χ4n) is 1.38. The summed E-state index contributed by atoms with van der Waals surface area (Å²) in [6.07, 6.45) is 1.15. The van der Waals surface area contributed by atoms with Crippen LogP contribution in [0, 0.1) is 0 Å². The Morgan fingerprint density at radius 2 is 2.50 bits per heavy atom. The molecule has 12 heavy (non-hydrogen) atoms. The number of hydrogen-bond acceptors (Lipinski definition) is 3. The van der Waals surface area contributed by atoms with Crippen LogP contribution in [0.3, 0.4) is 0 Å². The maximum Gasteiger partial charge on any atom is 0.219 e. The lowest BCUT2D eigenvalue weighted by atomic mass is 10.3. The standard InChI is InChI=1S/C8H16N2O2/c1-7(11)10-4-2-8(6-10)12-5-3-9/h8H,2-6,9H2,1H3/t8-/m0/s1. The predicted octanol–water partition coefficient (Wildman–Crippen LogP) is -0.417. The highest BCUT2D eigenvalue weighted by atomic mass is 16.5. The summed E-state index contributed by atoms with van der Waals surface area (Å²) in [4.78, 5) is 12.7. The number of nitrogens with two attached hydrogens (primary N) is 1. The van der Waals surface area contributed by atoms with Crippen molar-refractivity contribution in [1.29, 1.82) is 0 Å². The summed E-state index contributed by atoms with van der Waals surface area (Å²) in [6.45, 7) is 4.29. The third kappa shape index (κ3) is 2.46. The van der Waals surface area contributed by atoms with Crippen molar-refractivity contribution in [1.82, 2.24) is 4.90 Å². The molecule has 0 aromatic carbocycles. The Morgan fingerprint density at radius 3 is 3.00 bits per heavy atom. The minimum Gasteiger partial charge on any atom is -0.375 e. The van der Waals surface area contributed by atoms with E-state index in [1.807, 2.05) is 0 Å². The third-order valence-electron chi connectivity index (χ3n) is 2.06. The second-order valence-electron chi connectivity index (χ2n) is 3.04. The summed E-state index contributed by atoms with van der Waals surface area (Å²) >= 11 is 0. The molecule has 0 bridgehead atoms. The summed E-state index contributed by atoms with van der Waals surface area (Å²) in [6, 6.07) is 0. The number of hydrogen-bond donors (Lipinski definition) is 1. The Bertz CT molecular complexity index is 161. The van der Waals surface area contributed by atoms with E-state index in [4.69, 9.17) is 10.5 Å². The molecule has 70 valence electrons. The molecule has 1 rings (SSSR count). The van der Waals surface area contributed by atoms with Gasteiger partial charge >= 0.3 is 0 Å². The number of likely N-dealkylation sites (tertiary alicyclic amines) is 1. The number of nitrogens with zero attached hydrogens (tertiary/aromatic N) is 1. The molecule has 2 N–H and O–H groups in total. The summed E-state index contributed by atoms with van der Waals surface area (Å²) in [5.74, 6) is 0.133. The summed E-state index contributed by atoms with van der Waals surface area (Å²) in [5.41, 5.74) is 5.30. The van der Waals surface area contributed by atoms with Gasteiger partial charge in [0.2, 0.25) is 5.91 Å². The molecule has 4 nitrogen and oxygen atoms in total. The van der Waals surface area contributed by atoms with Crippen molar-refractivity contribution in [3.8, 4) is 0 Å². The van der Waals surface area contributed by atoms with E-state index in [1.165, 1.54) is 0 Å². The molecule has 0 spiro atoms. The molecule has 0 saturated carbocycles. The molecule has 1 amide bonds. The molecule has 0 aromatic rings. The van der Waals surface area contributed by atoms with Crippen LogP contribution in [-0.2, 0) is 9.53 Å². The highest BCUT2D eigenvalue weighted by molar-refractivity contribution is 5.73. The van der Waals surface area contributed by atoms with Crippen LogP contribution in [0.1, 0.15) is 13.3 Å². The van der Waals surface area contributed by atoms with Crippen LogP contribution in [0.4, 0.5) is 0 Å². The first-order chi connectivity index (χ1) is 5.74. The van der Waals surface area contributed by atoms with Crippen LogP contribution in [-0.4, -0.2) is 43.2 Å². The second kappa shape index (κ2) is 4.42.